The van der Waals surface area contributed by atoms with Crippen molar-refractivity contribution in [2.24, 2.45) is 5.10 Å². The third kappa shape index (κ3) is 5.42. The molecule has 0 bridgehead atoms. The summed E-state index contributed by atoms with van der Waals surface area (Å²) in [6.45, 7) is 1.76. The van der Waals surface area contributed by atoms with Gasteiger partial charge in [0.2, 0.25) is 11.8 Å². The molecule has 1 heterocycles. The lowest BCUT2D eigenvalue weighted by molar-refractivity contribution is -0.135. The van der Waals surface area contributed by atoms with Crippen LogP contribution in [-0.2, 0) is 19.1 Å². The van der Waals surface area contributed by atoms with Gasteiger partial charge in [0.15, 0.2) is 0 Å². The maximum absolute atomic E-state index is 13.2. The quantitative estimate of drug-likeness (QED) is 0.635. The average Bonchev–Trinajstić information content (AvgIpc) is 3.25. The Morgan fingerprint density at radius 1 is 1.16 bits per heavy atom. The van der Waals surface area contributed by atoms with Gasteiger partial charge in [-0.25, -0.2) is 4.79 Å². The number of anilines is 2. The predicted octanol–water partition coefficient (Wildman–Crippen LogP) is 2.29. The number of likely N-dealkylation sites (N-methyl/N-ethyl adjacent to an activating group) is 1. The van der Waals surface area contributed by atoms with E-state index in [4.69, 9.17) is 9.47 Å². The van der Waals surface area contributed by atoms with Crippen LogP contribution in [0.5, 0.6) is 5.75 Å². The summed E-state index contributed by atoms with van der Waals surface area (Å²) in [4.78, 5) is 39.2. The van der Waals surface area contributed by atoms with Crippen LogP contribution in [0.25, 0.3) is 0 Å². The van der Waals surface area contributed by atoms with Crippen LogP contribution in [0.2, 0.25) is 0 Å². The zero-order valence-corrected chi connectivity index (χ0v) is 18.3. The molecular weight excluding hydrogens is 412 g/mol. The second-order valence-corrected chi connectivity index (χ2v) is 7.14. The van der Waals surface area contributed by atoms with Crippen molar-refractivity contribution in [1.82, 2.24) is 4.90 Å². The van der Waals surface area contributed by atoms with Gasteiger partial charge in [-0.1, -0.05) is 24.3 Å². The SMILES string of the molecule is CCOC(=O)C1=NN(c2ccccc2)C(C(=O)N(C)CC(=O)Nc2cccc(OC)c2)C1. The molecule has 0 aromatic heterocycles. The van der Waals surface area contributed by atoms with E-state index in [0.29, 0.717) is 17.1 Å². The lowest BCUT2D eigenvalue weighted by Crippen LogP contribution is -2.46. The highest BCUT2D eigenvalue weighted by atomic mass is 16.5. The van der Waals surface area contributed by atoms with Gasteiger partial charge in [-0.05, 0) is 31.2 Å². The number of nitrogens with zero attached hydrogens (tertiary/aromatic N) is 3. The van der Waals surface area contributed by atoms with Crippen LogP contribution < -0.4 is 15.1 Å². The van der Waals surface area contributed by atoms with Crippen molar-refractivity contribution in [2.75, 3.05) is 37.6 Å². The van der Waals surface area contributed by atoms with Crippen LogP contribution in [0.3, 0.4) is 0 Å². The number of methoxy groups -OCH3 is 1. The molecule has 168 valence electrons. The minimum Gasteiger partial charge on any atom is -0.497 e. The number of benzene rings is 2. The summed E-state index contributed by atoms with van der Waals surface area (Å²) in [6, 6.07) is 15.3. The largest absolute Gasteiger partial charge is 0.497 e. The van der Waals surface area contributed by atoms with Crippen molar-refractivity contribution >= 4 is 34.9 Å². The summed E-state index contributed by atoms with van der Waals surface area (Å²) >= 11 is 0. The van der Waals surface area contributed by atoms with Crippen molar-refractivity contribution in [1.29, 1.82) is 0 Å². The molecule has 0 spiro atoms. The number of para-hydroxylation sites is 1. The van der Waals surface area contributed by atoms with E-state index >= 15 is 0 Å². The van der Waals surface area contributed by atoms with E-state index < -0.39 is 12.0 Å². The molecule has 0 aliphatic carbocycles. The smallest absolute Gasteiger partial charge is 0.354 e. The Kier molecular flexibility index (Phi) is 7.43. The van der Waals surface area contributed by atoms with Gasteiger partial charge >= 0.3 is 5.97 Å². The lowest BCUT2D eigenvalue weighted by atomic mass is 10.1. The molecule has 1 aliphatic rings. The molecule has 1 unspecified atom stereocenters. The maximum atomic E-state index is 13.2. The highest BCUT2D eigenvalue weighted by Gasteiger charge is 2.38. The van der Waals surface area contributed by atoms with Crippen LogP contribution in [0.15, 0.2) is 59.7 Å². The summed E-state index contributed by atoms with van der Waals surface area (Å²) in [5.74, 6) is -0.634. The number of nitrogens with one attached hydrogen (secondary N) is 1. The molecule has 2 aromatic rings. The molecule has 0 saturated heterocycles. The zero-order chi connectivity index (χ0) is 23.1. The number of carbonyl (C=O) groups is 3. The Bertz CT molecular complexity index is 1010. The molecule has 0 saturated carbocycles. The van der Waals surface area contributed by atoms with Gasteiger partial charge in [0.1, 0.15) is 17.5 Å². The Hall–Kier alpha value is -3.88. The molecule has 1 N–H and O–H groups in total. The molecule has 2 amide bonds. The predicted molar refractivity (Wildman–Crippen MR) is 121 cm³/mol. The van der Waals surface area contributed by atoms with E-state index in [1.54, 1.807) is 57.5 Å². The molecule has 9 nitrogen and oxygen atoms in total. The third-order valence-electron chi connectivity index (χ3n) is 4.84. The van der Waals surface area contributed by atoms with Gasteiger partial charge in [0.25, 0.3) is 0 Å². The number of hydrogen-bond donors (Lipinski definition) is 1. The Labute approximate surface area is 186 Å². The minimum absolute atomic E-state index is 0.0917. The number of ether oxygens (including phenoxy) is 2. The highest BCUT2D eigenvalue weighted by molar-refractivity contribution is 6.38. The second kappa shape index (κ2) is 10.4. The van der Waals surface area contributed by atoms with E-state index in [2.05, 4.69) is 10.4 Å². The molecule has 9 heteroatoms. The van der Waals surface area contributed by atoms with Crippen LogP contribution in [0, 0.1) is 0 Å². The number of esters is 1. The first kappa shape index (κ1) is 22.8. The number of rotatable bonds is 8. The van der Waals surface area contributed by atoms with Gasteiger partial charge < -0.3 is 19.7 Å². The summed E-state index contributed by atoms with van der Waals surface area (Å²) in [7, 11) is 3.08. The maximum Gasteiger partial charge on any atom is 0.354 e. The van der Waals surface area contributed by atoms with Crippen molar-refractivity contribution < 1.29 is 23.9 Å². The topological polar surface area (TPSA) is 101 Å². The molecule has 3 rings (SSSR count). The van der Waals surface area contributed by atoms with Gasteiger partial charge in [-0.3, -0.25) is 14.6 Å². The van der Waals surface area contributed by atoms with Crippen LogP contribution in [0.4, 0.5) is 11.4 Å². The first-order chi connectivity index (χ1) is 15.4. The Morgan fingerprint density at radius 2 is 1.91 bits per heavy atom. The fraction of sp³-hybridized carbons (Fsp3) is 0.304. The van der Waals surface area contributed by atoms with E-state index in [0.717, 1.165) is 0 Å². The summed E-state index contributed by atoms with van der Waals surface area (Å²) in [5.41, 5.74) is 1.40. The number of carbonyl (C=O) groups excluding carboxylic acids is 3. The third-order valence-corrected chi connectivity index (χ3v) is 4.84. The van der Waals surface area contributed by atoms with Crippen LogP contribution >= 0.6 is 0 Å². The molecule has 0 radical (unpaired) electrons. The fourth-order valence-electron chi connectivity index (χ4n) is 3.31. The first-order valence-corrected chi connectivity index (χ1v) is 10.2. The molecular formula is C23H26N4O5. The minimum atomic E-state index is -0.758. The van der Waals surface area contributed by atoms with Crippen molar-refractivity contribution in [3.05, 3.63) is 54.6 Å². The van der Waals surface area contributed by atoms with Crippen molar-refractivity contribution in [3.8, 4) is 5.75 Å². The van der Waals surface area contributed by atoms with Gasteiger partial charge in [0, 0.05) is 25.2 Å². The van der Waals surface area contributed by atoms with Crippen LogP contribution in [-0.4, -0.2) is 61.7 Å². The molecule has 1 aliphatic heterocycles. The fourth-order valence-corrected chi connectivity index (χ4v) is 3.31. The van der Waals surface area contributed by atoms with E-state index in [-0.39, 0.29) is 37.1 Å². The summed E-state index contributed by atoms with van der Waals surface area (Å²) in [6.07, 6.45) is 0.0917. The Balaban J connectivity index is 1.71. The van der Waals surface area contributed by atoms with E-state index in [1.807, 2.05) is 18.2 Å². The number of amides is 2. The lowest BCUT2D eigenvalue weighted by Gasteiger charge is -2.27. The van der Waals surface area contributed by atoms with Gasteiger partial charge in [-0.15, -0.1) is 0 Å². The van der Waals surface area contributed by atoms with Gasteiger partial charge in [-0.2, -0.15) is 5.10 Å². The van der Waals surface area contributed by atoms with Crippen LogP contribution in [0.1, 0.15) is 13.3 Å². The summed E-state index contributed by atoms with van der Waals surface area (Å²) < 4.78 is 10.2. The zero-order valence-electron chi connectivity index (χ0n) is 18.3. The van der Waals surface area contributed by atoms with Crippen molar-refractivity contribution in [2.45, 2.75) is 19.4 Å². The first-order valence-electron chi connectivity index (χ1n) is 10.2. The molecule has 32 heavy (non-hydrogen) atoms. The van der Waals surface area contributed by atoms with E-state index in [9.17, 15) is 14.4 Å². The Morgan fingerprint density at radius 3 is 2.59 bits per heavy atom. The molecule has 1 atom stereocenters. The monoisotopic (exact) mass is 438 g/mol. The standard InChI is InChI=1S/C23H26N4O5/c1-4-32-23(30)19-14-20(27(25-19)17-10-6-5-7-11-17)22(29)26(2)15-21(28)24-16-9-8-12-18(13-16)31-3/h5-13,20H,4,14-15H2,1-3H3,(H,24,28). The average molecular weight is 438 g/mol. The van der Waals surface area contributed by atoms with Gasteiger partial charge in [0.05, 0.1) is 25.9 Å². The number of hydrazone groups is 1. The van der Waals surface area contributed by atoms with Crippen molar-refractivity contribution in [3.63, 3.8) is 0 Å². The molecule has 2 aromatic carbocycles. The summed E-state index contributed by atoms with van der Waals surface area (Å²) in [5, 5.41) is 8.60. The normalized spacial score (nSPS) is 15.0. The second-order valence-electron chi connectivity index (χ2n) is 7.14. The highest BCUT2D eigenvalue weighted by Crippen LogP contribution is 2.26. The van der Waals surface area contributed by atoms with E-state index in [1.165, 1.54) is 9.91 Å². The molecule has 0 fully saturated rings. The number of hydrogen-bond acceptors (Lipinski definition) is 7.